The number of ether oxygens (including phenoxy) is 1. The van der Waals surface area contributed by atoms with Gasteiger partial charge >= 0.3 is 5.97 Å². The molecule has 1 N–H and O–H groups in total. The Morgan fingerprint density at radius 1 is 1.59 bits per heavy atom. The quantitative estimate of drug-likeness (QED) is 0.825. The first kappa shape index (κ1) is 13.0. The van der Waals surface area contributed by atoms with Gasteiger partial charge in [-0.15, -0.1) is 0 Å². The van der Waals surface area contributed by atoms with Crippen LogP contribution in [-0.4, -0.2) is 36.7 Å². The predicted molar refractivity (Wildman–Crippen MR) is 61.7 cm³/mol. The SMILES string of the molecule is COc1ccc(CN(C)CC(=O)O)cc1C#N. The van der Waals surface area contributed by atoms with E-state index in [0.717, 1.165) is 5.56 Å². The second kappa shape index (κ2) is 5.87. The average molecular weight is 234 g/mol. The number of hydrogen-bond donors (Lipinski definition) is 1. The number of benzene rings is 1. The maximum atomic E-state index is 10.5. The Hall–Kier alpha value is -2.06. The van der Waals surface area contributed by atoms with Crippen molar-refractivity contribution >= 4 is 5.97 Å². The lowest BCUT2D eigenvalue weighted by Gasteiger charge is -2.14. The molecule has 0 atom stereocenters. The molecule has 5 nitrogen and oxygen atoms in total. The molecule has 5 heteroatoms. The highest BCUT2D eigenvalue weighted by Crippen LogP contribution is 2.19. The van der Waals surface area contributed by atoms with Crippen LogP contribution in [-0.2, 0) is 11.3 Å². The largest absolute Gasteiger partial charge is 0.495 e. The van der Waals surface area contributed by atoms with Crippen LogP contribution in [0, 0.1) is 11.3 Å². The van der Waals surface area contributed by atoms with Crippen molar-refractivity contribution in [2.24, 2.45) is 0 Å². The Morgan fingerprint density at radius 3 is 2.82 bits per heavy atom. The smallest absolute Gasteiger partial charge is 0.317 e. The van der Waals surface area contributed by atoms with E-state index in [9.17, 15) is 4.79 Å². The number of carboxylic acids is 1. The zero-order chi connectivity index (χ0) is 12.8. The van der Waals surface area contributed by atoms with Crippen LogP contribution in [0.3, 0.4) is 0 Å². The number of likely N-dealkylation sites (N-methyl/N-ethyl adjacent to an activating group) is 1. The molecule has 0 aliphatic heterocycles. The fraction of sp³-hybridized carbons (Fsp3) is 0.333. The molecule has 0 aromatic heterocycles. The molecule has 1 aromatic rings. The van der Waals surface area contributed by atoms with Crippen LogP contribution in [0.5, 0.6) is 5.75 Å². The minimum atomic E-state index is -0.874. The summed E-state index contributed by atoms with van der Waals surface area (Å²) >= 11 is 0. The van der Waals surface area contributed by atoms with Crippen LogP contribution in [0.25, 0.3) is 0 Å². The molecular formula is C12H14N2O3. The van der Waals surface area contributed by atoms with Crippen molar-refractivity contribution in [2.45, 2.75) is 6.54 Å². The van der Waals surface area contributed by atoms with Crippen LogP contribution < -0.4 is 4.74 Å². The van der Waals surface area contributed by atoms with Crippen molar-refractivity contribution in [3.63, 3.8) is 0 Å². The summed E-state index contributed by atoms with van der Waals surface area (Å²) in [6, 6.07) is 7.27. The molecule has 1 aromatic carbocycles. The zero-order valence-electron chi connectivity index (χ0n) is 9.80. The molecule has 0 aliphatic rings. The van der Waals surface area contributed by atoms with Crippen LogP contribution in [0.4, 0.5) is 0 Å². The molecule has 0 saturated heterocycles. The first-order valence-electron chi connectivity index (χ1n) is 5.04. The van der Waals surface area contributed by atoms with Crippen molar-refractivity contribution in [2.75, 3.05) is 20.7 Å². The van der Waals surface area contributed by atoms with Gasteiger partial charge < -0.3 is 9.84 Å². The summed E-state index contributed by atoms with van der Waals surface area (Å²) in [6.07, 6.45) is 0. The van der Waals surface area contributed by atoms with E-state index in [1.165, 1.54) is 7.11 Å². The molecule has 90 valence electrons. The fourth-order valence-corrected chi connectivity index (χ4v) is 1.54. The van der Waals surface area contributed by atoms with E-state index in [-0.39, 0.29) is 6.54 Å². The van der Waals surface area contributed by atoms with E-state index < -0.39 is 5.97 Å². The van der Waals surface area contributed by atoms with Gasteiger partial charge in [0.05, 0.1) is 19.2 Å². The molecule has 17 heavy (non-hydrogen) atoms. The van der Waals surface area contributed by atoms with E-state index in [1.807, 2.05) is 12.1 Å². The number of rotatable bonds is 5. The lowest BCUT2D eigenvalue weighted by atomic mass is 10.1. The Morgan fingerprint density at radius 2 is 2.29 bits per heavy atom. The number of nitriles is 1. The van der Waals surface area contributed by atoms with Crippen molar-refractivity contribution in [3.8, 4) is 11.8 Å². The molecule has 0 amide bonds. The van der Waals surface area contributed by atoms with Gasteiger partial charge in [0, 0.05) is 6.54 Å². The molecular weight excluding hydrogens is 220 g/mol. The summed E-state index contributed by atoms with van der Waals surface area (Å²) in [5.41, 5.74) is 1.33. The Labute approximate surface area is 99.8 Å². The summed E-state index contributed by atoms with van der Waals surface area (Å²) in [5.74, 6) is -0.348. The lowest BCUT2D eigenvalue weighted by Crippen LogP contribution is -2.25. The van der Waals surface area contributed by atoms with Crippen LogP contribution in [0.15, 0.2) is 18.2 Å². The third-order valence-electron chi connectivity index (χ3n) is 2.24. The minimum Gasteiger partial charge on any atom is -0.495 e. The Balaban J connectivity index is 2.80. The van der Waals surface area contributed by atoms with E-state index >= 15 is 0 Å². The number of carbonyl (C=O) groups is 1. The molecule has 0 bridgehead atoms. The van der Waals surface area contributed by atoms with Gasteiger partial charge in [-0.1, -0.05) is 6.07 Å². The van der Waals surface area contributed by atoms with Crippen molar-refractivity contribution in [3.05, 3.63) is 29.3 Å². The number of aliphatic carboxylic acids is 1. The highest BCUT2D eigenvalue weighted by molar-refractivity contribution is 5.69. The molecule has 1 rings (SSSR count). The van der Waals surface area contributed by atoms with E-state index in [0.29, 0.717) is 17.9 Å². The summed E-state index contributed by atoms with van der Waals surface area (Å²) in [6.45, 7) is 0.443. The lowest BCUT2D eigenvalue weighted by molar-refractivity contribution is -0.138. The maximum Gasteiger partial charge on any atom is 0.317 e. The first-order chi connectivity index (χ1) is 8.06. The van der Waals surface area contributed by atoms with E-state index in [2.05, 4.69) is 0 Å². The second-order valence-electron chi connectivity index (χ2n) is 3.71. The first-order valence-corrected chi connectivity index (χ1v) is 5.04. The van der Waals surface area contributed by atoms with Gasteiger partial charge in [0.2, 0.25) is 0 Å². The standard InChI is InChI=1S/C12H14N2O3/c1-14(8-12(15)16)7-9-3-4-11(17-2)10(5-9)6-13/h3-5H,7-8H2,1-2H3,(H,15,16). The normalized spacial score (nSPS) is 10.0. The molecule has 0 saturated carbocycles. The van der Waals surface area contributed by atoms with Gasteiger partial charge in [-0.25, -0.2) is 0 Å². The van der Waals surface area contributed by atoms with Gasteiger partial charge in [-0.3, -0.25) is 9.69 Å². The molecule has 0 aliphatic carbocycles. The van der Waals surface area contributed by atoms with Crippen molar-refractivity contribution in [1.82, 2.24) is 4.90 Å². The predicted octanol–water partition coefficient (Wildman–Crippen LogP) is 1.08. The van der Waals surface area contributed by atoms with Gasteiger partial charge in [0.1, 0.15) is 11.8 Å². The summed E-state index contributed by atoms with van der Waals surface area (Å²) in [5, 5.41) is 17.5. The summed E-state index contributed by atoms with van der Waals surface area (Å²) in [4.78, 5) is 12.2. The van der Waals surface area contributed by atoms with Crippen LogP contribution in [0.2, 0.25) is 0 Å². The molecule has 0 fully saturated rings. The van der Waals surface area contributed by atoms with Gasteiger partial charge in [-0.2, -0.15) is 5.26 Å². The van der Waals surface area contributed by atoms with Crippen LogP contribution in [0.1, 0.15) is 11.1 Å². The third kappa shape index (κ3) is 3.78. The highest BCUT2D eigenvalue weighted by Gasteiger charge is 2.08. The van der Waals surface area contributed by atoms with Gasteiger partial charge in [0.25, 0.3) is 0 Å². The molecule has 0 heterocycles. The monoisotopic (exact) mass is 234 g/mol. The zero-order valence-corrected chi connectivity index (χ0v) is 9.80. The number of hydrogen-bond acceptors (Lipinski definition) is 4. The van der Waals surface area contributed by atoms with Crippen molar-refractivity contribution < 1.29 is 14.6 Å². The van der Waals surface area contributed by atoms with Gasteiger partial charge in [0.15, 0.2) is 0 Å². The Kier molecular flexibility index (Phi) is 4.49. The van der Waals surface area contributed by atoms with Crippen LogP contribution >= 0.6 is 0 Å². The maximum absolute atomic E-state index is 10.5. The fourth-order valence-electron chi connectivity index (χ4n) is 1.54. The second-order valence-corrected chi connectivity index (χ2v) is 3.71. The number of nitrogens with zero attached hydrogens (tertiary/aromatic N) is 2. The molecule has 0 spiro atoms. The minimum absolute atomic E-state index is 0.0338. The topological polar surface area (TPSA) is 73.6 Å². The average Bonchev–Trinajstić information content (AvgIpc) is 2.27. The molecule has 0 unspecified atom stereocenters. The van der Waals surface area contributed by atoms with Crippen molar-refractivity contribution in [1.29, 1.82) is 5.26 Å². The Bertz CT molecular complexity index is 452. The number of carboxylic acid groups (broad SMARTS) is 1. The van der Waals surface area contributed by atoms with E-state index in [1.54, 1.807) is 24.1 Å². The molecule has 0 radical (unpaired) electrons. The summed E-state index contributed by atoms with van der Waals surface area (Å²) < 4.78 is 5.03. The summed E-state index contributed by atoms with van der Waals surface area (Å²) in [7, 11) is 3.22. The van der Waals surface area contributed by atoms with Gasteiger partial charge in [-0.05, 0) is 24.7 Å². The highest BCUT2D eigenvalue weighted by atomic mass is 16.5. The third-order valence-corrected chi connectivity index (χ3v) is 2.24. The number of methoxy groups -OCH3 is 1. The van der Waals surface area contributed by atoms with E-state index in [4.69, 9.17) is 15.1 Å².